The Balaban J connectivity index is 3.43. The molecule has 0 radical (unpaired) electrons. The highest BCUT2D eigenvalue weighted by Crippen LogP contribution is 2.07. The van der Waals surface area contributed by atoms with Gasteiger partial charge in [0.2, 0.25) is 0 Å². The lowest BCUT2D eigenvalue weighted by Crippen LogP contribution is -2.30. The largest absolute Gasteiger partial charge is 0.480 e. The van der Waals surface area contributed by atoms with E-state index in [-0.39, 0.29) is 12.7 Å². The number of hydrogen-bond donors (Lipinski definition) is 3. The van der Waals surface area contributed by atoms with Gasteiger partial charge in [-0.2, -0.15) is 0 Å². The van der Waals surface area contributed by atoms with E-state index in [1.165, 1.54) is 0 Å². The van der Waals surface area contributed by atoms with E-state index in [1.54, 1.807) is 0 Å². The van der Waals surface area contributed by atoms with Crippen LogP contribution in [0.25, 0.3) is 0 Å². The lowest BCUT2D eigenvalue weighted by atomic mass is 10.1. The van der Waals surface area contributed by atoms with Crippen molar-refractivity contribution in [3.05, 3.63) is 0 Å². The summed E-state index contributed by atoms with van der Waals surface area (Å²) in [6.07, 6.45) is 11.5. The first kappa shape index (κ1) is 23.2. The zero-order valence-corrected chi connectivity index (χ0v) is 15.2. The fraction of sp³-hybridized carbons (Fsp3) is 0.778. The number of rotatable bonds is 15. The first-order valence-corrected chi connectivity index (χ1v) is 8.91. The maximum absolute atomic E-state index is 11.4. The molecule has 0 aromatic heterocycles. The van der Waals surface area contributed by atoms with Crippen LogP contribution in [-0.2, 0) is 14.3 Å². The van der Waals surface area contributed by atoms with Gasteiger partial charge in [-0.1, -0.05) is 12.8 Å². The molecule has 0 heterocycles. The molecular formula is C18H32N2O5. The monoisotopic (exact) mass is 356 g/mol. The van der Waals surface area contributed by atoms with Crippen molar-refractivity contribution >= 4 is 12.1 Å². The van der Waals surface area contributed by atoms with E-state index in [0.717, 1.165) is 32.1 Å². The second-order valence-corrected chi connectivity index (χ2v) is 5.99. The van der Waals surface area contributed by atoms with E-state index in [2.05, 4.69) is 11.2 Å². The number of unbranched alkanes of at least 4 members (excludes halogenated alkanes) is 4. The molecule has 25 heavy (non-hydrogen) atoms. The third-order valence-electron chi connectivity index (χ3n) is 3.68. The van der Waals surface area contributed by atoms with Crippen molar-refractivity contribution in [1.29, 1.82) is 0 Å². The van der Waals surface area contributed by atoms with Gasteiger partial charge in [-0.25, -0.2) is 4.79 Å². The number of aliphatic carboxylic acids is 1. The molecule has 0 aliphatic carbocycles. The third kappa shape index (κ3) is 15.5. The number of carbonyl (C=O) groups excluding carboxylic acids is 1. The molecule has 0 aromatic rings. The van der Waals surface area contributed by atoms with Crippen LogP contribution >= 0.6 is 0 Å². The minimum Gasteiger partial charge on any atom is -0.480 e. The lowest BCUT2D eigenvalue weighted by molar-refractivity contribution is -0.138. The van der Waals surface area contributed by atoms with E-state index >= 15 is 0 Å². The van der Waals surface area contributed by atoms with E-state index < -0.39 is 18.1 Å². The molecule has 0 rings (SSSR count). The number of carboxylic acid groups (broad SMARTS) is 1. The van der Waals surface area contributed by atoms with Gasteiger partial charge in [0.05, 0.1) is 12.7 Å². The van der Waals surface area contributed by atoms with Crippen molar-refractivity contribution in [3.63, 3.8) is 0 Å². The number of carbonyl (C=O) groups is 2. The number of nitrogens with one attached hydrogen (secondary N) is 1. The lowest BCUT2D eigenvalue weighted by Gasteiger charge is -2.13. The fourth-order valence-electron chi connectivity index (χ4n) is 2.16. The molecule has 0 bridgehead atoms. The Morgan fingerprint density at radius 1 is 1.16 bits per heavy atom. The minimum absolute atomic E-state index is 0.135. The summed E-state index contributed by atoms with van der Waals surface area (Å²) >= 11 is 0. The zero-order valence-electron chi connectivity index (χ0n) is 15.2. The van der Waals surface area contributed by atoms with Gasteiger partial charge in [0, 0.05) is 13.0 Å². The third-order valence-corrected chi connectivity index (χ3v) is 3.68. The highest BCUT2D eigenvalue weighted by Gasteiger charge is 2.10. The Hall–Kier alpha value is -1.78. The first-order valence-electron chi connectivity index (χ1n) is 8.91. The first-order chi connectivity index (χ1) is 12.0. The van der Waals surface area contributed by atoms with E-state index in [1.807, 2.05) is 6.92 Å². The topological polar surface area (TPSA) is 111 Å². The molecule has 0 aromatic carbocycles. The average Bonchev–Trinajstić information content (AvgIpc) is 2.58. The predicted octanol–water partition coefficient (Wildman–Crippen LogP) is 2.28. The molecule has 0 spiro atoms. The zero-order chi connectivity index (χ0) is 18.9. The predicted molar refractivity (Wildman–Crippen MR) is 96.1 cm³/mol. The summed E-state index contributed by atoms with van der Waals surface area (Å²) in [5.74, 6) is 1.62. The Labute approximate surface area is 150 Å². The van der Waals surface area contributed by atoms with Crippen molar-refractivity contribution in [1.82, 2.24) is 5.32 Å². The molecule has 0 fully saturated rings. The summed E-state index contributed by atoms with van der Waals surface area (Å²) in [5, 5.41) is 11.2. The second-order valence-electron chi connectivity index (χ2n) is 5.99. The second kappa shape index (κ2) is 15.7. The molecule has 4 N–H and O–H groups in total. The van der Waals surface area contributed by atoms with Crippen molar-refractivity contribution in [2.75, 3.05) is 19.8 Å². The summed E-state index contributed by atoms with van der Waals surface area (Å²) in [7, 11) is 0. The van der Waals surface area contributed by atoms with Crippen LogP contribution in [0.4, 0.5) is 4.79 Å². The number of hydrogen-bond acceptors (Lipinski definition) is 5. The van der Waals surface area contributed by atoms with Gasteiger partial charge < -0.3 is 25.6 Å². The molecule has 7 heteroatoms. The summed E-state index contributed by atoms with van der Waals surface area (Å²) in [5.41, 5.74) is 5.38. The summed E-state index contributed by atoms with van der Waals surface area (Å²) in [6.45, 7) is 3.01. The van der Waals surface area contributed by atoms with Crippen LogP contribution in [0, 0.1) is 12.3 Å². The van der Waals surface area contributed by atoms with Gasteiger partial charge in [-0.3, -0.25) is 4.79 Å². The van der Waals surface area contributed by atoms with Gasteiger partial charge >= 0.3 is 12.1 Å². The summed E-state index contributed by atoms with van der Waals surface area (Å²) < 4.78 is 10.6. The standard InChI is InChI=1S/C18H32N2O5/c1-3-4-5-6-7-10-15(2)24-13-14-25-18(23)20-12-9-8-11-16(19)17(21)22/h1,15-16H,4-14,19H2,2H3,(H,20,23)(H,21,22). The highest BCUT2D eigenvalue weighted by atomic mass is 16.6. The van der Waals surface area contributed by atoms with Crippen molar-refractivity contribution in [2.24, 2.45) is 5.73 Å². The Morgan fingerprint density at radius 3 is 2.56 bits per heavy atom. The number of alkyl carbamates (subject to hydrolysis) is 1. The summed E-state index contributed by atoms with van der Waals surface area (Å²) in [6, 6.07) is -0.844. The molecule has 2 unspecified atom stereocenters. The van der Waals surface area contributed by atoms with Crippen molar-refractivity contribution in [3.8, 4) is 12.3 Å². The average molecular weight is 356 g/mol. The van der Waals surface area contributed by atoms with Gasteiger partial charge in [0.15, 0.2) is 0 Å². The molecule has 1 amide bonds. The van der Waals surface area contributed by atoms with Gasteiger partial charge in [-0.15, -0.1) is 12.3 Å². The maximum atomic E-state index is 11.4. The van der Waals surface area contributed by atoms with Crippen LogP contribution in [0.5, 0.6) is 0 Å². The fourth-order valence-corrected chi connectivity index (χ4v) is 2.16. The molecule has 0 saturated heterocycles. The van der Waals surface area contributed by atoms with Crippen LogP contribution < -0.4 is 11.1 Å². The highest BCUT2D eigenvalue weighted by molar-refractivity contribution is 5.72. The van der Waals surface area contributed by atoms with Crippen molar-refractivity contribution in [2.45, 2.75) is 70.4 Å². The Morgan fingerprint density at radius 2 is 1.88 bits per heavy atom. The van der Waals surface area contributed by atoms with E-state index in [0.29, 0.717) is 32.4 Å². The molecule has 7 nitrogen and oxygen atoms in total. The minimum atomic E-state index is -1.01. The van der Waals surface area contributed by atoms with Crippen LogP contribution in [-0.4, -0.2) is 49.1 Å². The van der Waals surface area contributed by atoms with Gasteiger partial charge in [-0.05, 0) is 39.0 Å². The smallest absolute Gasteiger partial charge is 0.407 e. The van der Waals surface area contributed by atoms with E-state index in [9.17, 15) is 9.59 Å². The number of amides is 1. The molecule has 2 atom stereocenters. The molecule has 0 saturated carbocycles. The van der Waals surface area contributed by atoms with Crippen LogP contribution in [0.1, 0.15) is 58.3 Å². The normalized spacial score (nSPS) is 12.8. The molecule has 144 valence electrons. The number of ether oxygens (including phenoxy) is 2. The van der Waals surface area contributed by atoms with E-state index in [4.69, 9.17) is 26.7 Å². The quantitative estimate of drug-likeness (QED) is 0.307. The Bertz CT molecular complexity index is 409. The summed E-state index contributed by atoms with van der Waals surface area (Å²) in [4.78, 5) is 22.0. The molecular weight excluding hydrogens is 324 g/mol. The number of nitrogens with two attached hydrogens (primary N) is 1. The van der Waals surface area contributed by atoms with Gasteiger partial charge in [0.1, 0.15) is 12.6 Å². The number of terminal acetylenes is 1. The van der Waals surface area contributed by atoms with Crippen LogP contribution in [0.3, 0.4) is 0 Å². The van der Waals surface area contributed by atoms with Gasteiger partial charge in [0.25, 0.3) is 0 Å². The SMILES string of the molecule is C#CCCCCCC(C)OCCOC(=O)NCCCCC(N)C(=O)O. The maximum Gasteiger partial charge on any atom is 0.407 e. The molecule has 0 aliphatic heterocycles. The van der Waals surface area contributed by atoms with Crippen LogP contribution in [0.15, 0.2) is 0 Å². The van der Waals surface area contributed by atoms with Crippen LogP contribution in [0.2, 0.25) is 0 Å². The Kier molecular flexibility index (Phi) is 14.6. The van der Waals surface area contributed by atoms with Crippen molar-refractivity contribution < 1.29 is 24.2 Å². The number of carboxylic acids is 1. The molecule has 0 aliphatic rings.